The lowest BCUT2D eigenvalue weighted by Gasteiger charge is -2.15. The number of hydrogen-bond acceptors (Lipinski definition) is 1. The molecule has 0 spiro atoms. The molecule has 1 atom stereocenters. The summed E-state index contributed by atoms with van der Waals surface area (Å²) in [6.07, 6.45) is 0. The summed E-state index contributed by atoms with van der Waals surface area (Å²) >= 11 is 10.7. The van der Waals surface area contributed by atoms with Crippen LogP contribution in [-0.2, 0) is 5.41 Å². The normalized spacial score (nSPS) is 13.6. The molecule has 18 heavy (non-hydrogen) atoms. The number of rotatable bonds is 2. The van der Waals surface area contributed by atoms with Crippen LogP contribution >= 0.6 is 45.5 Å². The van der Waals surface area contributed by atoms with Crippen LogP contribution in [0, 0.1) is 3.57 Å². The Balaban J connectivity index is 2.29. The summed E-state index contributed by atoms with van der Waals surface area (Å²) < 4.78 is 1.23. The van der Waals surface area contributed by atoms with Gasteiger partial charge in [-0.3, -0.25) is 0 Å². The van der Waals surface area contributed by atoms with Crippen molar-refractivity contribution in [3.8, 4) is 0 Å². The van der Waals surface area contributed by atoms with E-state index in [4.69, 9.17) is 11.6 Å². The van der Waals surface area contributed by atoms with Gasteiger partial charge in [0.2, 0.25) is 0 Å². The molecule has 0 aliphatic carbocycles. The monoisotopic (exact) mass is 390 g/mol. The lowest BCUT2D eigenvalue weighted by molar-refractivity contribution is 0.604. The Bertz CT molecular complexity index is 539. The van der Waals surface area contributed by atoms with Gasteiger partial charge < -0.3 is 0 Å². The summed E-state index contributed by atoms with van der Waals surface area (Å²) in [5, 5.41) is -0.0409. The van der Waals surface area contributed by atoms with Gasteiger partial charge in [0.1, 0.15) is 0 Å². The van der Waals surface area contributed by atoms with Crippen LogP contribution in [0.5, 0.6) is 0 Å². The van der Waals surface area contributed by atoms with Crippen molar-refractivity contribution in [1.82, 2.24) is 0 Å². The van der Waals surface area contributed by atoms with Gasteiger partial charge in [-0.1, -0.05) is 32.9 Å². The van der Waals surface area contributed by atoms with E-state index in [9.17, 15) is 0 Å². The Labute approximate surface area is 132 Å². The molecule has 0 saturated heterocycles. The van der Waals surface area contributed by atoms with Crippen LogP contribution in [-0.4, -0.2) is 0 Å². The van der Waals surface area contributed by atoms with Crippen molar-refractivity contribution in [2.75, 3.05) is 0 Å². The maximum absolute atomic E-state index is 6.57. The van der Waals surface area contributed by atoms with E-state index in [0.717, 1.165) is 0 Å². The van der Waals surface area contributed by atoms with Crippen molar-refractivity contribution in [2.45, 2.75) is 31.6 Å². The second-order valence-electron chi connectivity index (χ2n) is 5.37. The number of alkyl halides is 1. The van der Waals surface area contributed by atoms with E-state index in [1.807, 2.05) is 11.3 Å². The predicted molar refractivity (Wildman–Crippen MR) is 89.9 cm³/mol. The highest BCUT2D eigenvalue weighted by molar-refractivity contribution is 14.1. The van der Waals surface area contributed by atoms with Crippen molar-refractivity contribution in [2.24, 2.45) is 0 Å². The van der Waals surface area contributed by atoms with Gasteiger partial charge in [0.15, 0.2) is 0 Å². The van der Waals surface area contributed by atoms with E-state index in [2.05, 4.69) is 79.8 Å². The van der Waals surface area contributed by atoms with Crippen LogP contribution in [0.4, 0.5) is 0 Å². The summed E-state index contributed by atoms with van der Waals surface area (Å²) in [5.41, 5.74) is 1.37. The van der Waals surface area contributed by atoms with E-state index >= 15 is 0 Å². The van der Waals surface area contributed by atoms with Crippen LogP contribution in [0.3, 0.4) is 0 Å². The largest absolute Gasteiger partial charge is 0.143 e. The molecule has 3 heteroatoms. The molecular weight excluding hydrogens is 375 g/mol. The molecule has 0 fully saturated rings. The zero-order chi connectivity index (χ0) is 13.3. The highest BCUT2D eigenvalue weighted by atomic mass is 127. The second kappa shape index (κ2) is 5.51. The third kappa shape index (κ3) is 3.28. The lowest BCUT2D eigenvalue weighted by Crippen LogP contribution is -2.07. The van der Waals surface area contributed by atoms with E-state index < -0.39 is 0 Å². The van der Waals surface area contributed by atoms with Crippen LogP contribution in [0.1, 0.15) is 41.5 Å². The Morgan fingerprint density at radius 2 is 1.89 bits per heavy atom. The molecule has 0 amide bonds. The average Bonchev–Trinajstić information content (AvgIpc) is 2.77. The van der Waals surface area contributed by atoms with Gasteiger partial charge in [-0.15, -0.1) is 22.9 Å². The number of thiophene rings is 1. The van der Waals surface area contributed by atoms with Gasteiger partial charge >= 0.3 is 0 Å². The van der Waals surface area contributed by atoms with Gasteiger partial charge in [0.05, 0.1) is 5.38 Å². The molecule has 96 valence electrons. The number of halogens is 2. The minimum absolute atomic E-state index is 0.0409. The maximum atomic E-state index is 6.57. The molecule has 1 aromatic carbocycles. The lowest BCUT2D eigenvalue weighted by atomic mass is 9.95. The first-order chi connectivity index (χ1) is 8.38. The standard InChI is InChI=1S/C15H16ClIS/c1-15(2,3)13-8-7-12(18-13)14(16)10-5-4-6-11(17)9-10/h4-9,14H,1-3H3. The van der Waals surface area contributed by atoms with Gasteiger partial charge in [0.25, 0.3) is 0 Å². The molecule has 0 nitrogen and oxygen atoms in total. The first-order valence-corrected chi connectivity index (χ1v) is 8.21. The third-order valence-electron chi connectivity index (χ3n) is 2.76. The minimum atomic E-state index is -0.0409. The summed E-state index contributed by atoms with van der Waals surface area (Å²) in [7, 11) is 0. The minimum Gasteiger partial charge on any atom is -0.143 e. The molecule has 0 saturated carbocycles. The first-order valence-electron chi connectivity index (χ1n) is 5.87. The molecule has 0 N–H and O–H groups in total. The van der Waals surface area contributed by atoms with Crippen LogP contribution < -0.4 is 0 Å². The predicted octanol–water partition coefficient (Wildman–Crippen LogP) is 5.98. The summed E-state index contributed by atoms with van der Waals surface area (Å²) in [6.45, 7) is 6.70. The topological polar surface area (TPSA) is 0 Å². The fourth-order valence-corrected chi connectivity index (χ4v) is 3.70. The molecule has 0 bridgehead atoms. The molecule has 1 aromatic heterocycles. The van der Waals surface area contributed by atoms with Crippen LogP contribution in [0.2, 0.25) is 0 Å². The SMILES string of the molecule is CC(C)(C)c1ccc(C(Cl)c2cccc(I)c2)s1. The highest BCUT2D eigenvalue weighted by Crippen LogP contribution is 2.37. The van der Waals surface area contributed by atoms with Gasteiger partial charge in [0, 0.05) is 13.3 Å². The van der Waals surface area contributed by atoms with Crippen molar-refractivity contribution in [3.05, 3.63) is 55.3 Å². The molecule has 0 aliphatic heterocycles. The quantitative estimate of drug-likeness (QED) is 0.437. The molecular formula is C15H16ClIS. The summed E-state index contributed by atoms with van der Waals surface area (Å²) in [6, 6.07) is 12.7. The van der Waals surface area contributed by atoms with E-state index in [0.29, 0.717) is 0 Å². The smallest absolute Gasteiger partial charge is 0.0928 e. The third-order valence-corrected chi connectivity index (χ3v) is 5.62. The van der Waals surface area contributed by atoms with Crippen molar-refractivity contribution in [1.29, 1.82) is 0 Å². The van der Waals surface area contributed by atoms with Crippen LogP contribution in [0.15, 0.2) is 36.4 Å². The van der Waals surface area contributed by atoms with Gasteiger partial charge in [-0.25, -0.2) is 0 Å². The summed E-state index contributed by atoms with van der Waals surface area (Å²) in [4.78, 5) is 2.61. The molecule has 0 radical (unpaired) electrons. The maximum Gasteiger partial charge on any atom is 0.0928 e. The zero-order valence-corrected chi connectivity index (χ0v) is 14.4. The summed E-state index contributed by atoms with van der Waals surface area (Å²) in [5.74, 6) is 0. The van der Waals surface area contributed by atoms with E-state index in [-0.39, 0.29) is 10.8 Å². The van der Waals surface area contributed by atoms with Crippen LogP contribution in [0.25, 0.3) is 0 Å². The number of benzene rings is 1. The van der Waals surface area contributed by atoms with Crippen molar-refractivity contribution in [3.63, 3.8) is 0 Å². The van der Waals surface area contributed by atoms with Gasteiger partial charge in [-0.05, 0) is 57.8 Å². The Hall–Kier alpha value is -0.0600. The Morgan fingerprint density at radius 3 is 2.44 bits per heavy atom. The number of hydrogen-bond donors (Lipinski definition) is 0. The van der Waals surface area contributed by atoms with Crippen molar-refractivity contribution >= 4 is 45.5 Å². The molecule has 2 aromatic rings. The molecule has 0 aliphatic rings. The van der Waals surface area contributed by atoms with Crippen molar-refractivity contribution < 1.29 is 0 Å². The van der Waals surface area contributed by atoms with E-state index in [1.54, 1.807) is 0 Å². The first kappa shape index (κ1) is 14.4. The highest BCUT2D eigenvalue weighted by Gasteiger charge is 2.19. The molecule has 1 heterocycles. The Morgan fingerprint density at radius 1 is 1.17 bits per heavy atom. The Kier molecular flexibility index (Phi) is 4.40. The average molecular weight is 391 g/mol. The zero-order valence-electron chi connectivity index (χ0n) is 10.7. The molecule has 2 rings (SSSR count). The van der Waals surface area contributed by atoms with E-state index in [1.165, 1.54) is 18.9 Å². The second-order valence-corrected chi connectivity index (χ2v) is 8.17. The molecule has 1 unspecified atom stereocenters. The fourth-order valence-electron chi connectivity index (χ4n) is 1.72. The fraction of sp³-hybridized carbons (Fsp3) is 0.333. The van der Waals surface area contributed by atoms with Gasteiger partial charge in [-0.2, -0.15) is 0 Å².